The van der Waals surface area contributed by atoms with E-state index in [2.05, 4.69) is 0 Å². The Labute approximate surface area is 78.7 Å². The second kappa shape index (κ2) is 5.07. The highest BCUT2D eigenvalue weighted by Gasteiger charge is 2.21. The van der Waals surface area contributed by atoms with Crippen LogP contribution >= 0.6 is 0 Å². The van der Waals surface area contributed by atoms with Crippen LogP contribution in [0, 0.1) is 5.92 Å². The molecule has 0 aromatic carbocycles. The van der Waals surface area contributed by atoms with Crippen LogP contribution in [-0.2, 0) is 0 Å². The van der Waals surface area contributed by atoms with Crippen LogP contribution in [0.25, 0.3) is 0 Å². The molecule has 4 nitrogen and oxygen atoms in total. The minimum absolute atomic E-state index is 0.694. The maximum Gasteiger partial charge on any atom is 0.407 e. The van der Waals surface area contributed by atoms with E-state index in [0.29, 0.717) is 19.0 Å². The van der Waals surface area contributed by atoms with Crippen molar-refractivity contribution in [3.05, 3.63) is 0 Å². The van der Waals surface area contributed by atoms with Crippen molar-refractivity contribution < 1.29 is 9.90 Å². The van der Waals surface area contributed by atoms with Crippen LogP contribution < -0.4 is 5.73 Å². The van der Waals surface area contributed by atoms with Gasteiger partial charge in [0.05, 0.1) is 0 Å². The predicted octanol–water partition coefficient (Wildman–Crippen LogP) is 1.12. The van der Waals surface area contributed by atoms with Crippen LogP contribution in [0.2, 0.25) is 0 Å². The molecule has 1 aliphatic rings. The molecule has 0 saturated carbocycles. The van der Waals surface area contributed by atoms with E-state index in [4.69, 9.17) is 10.8 Å². The van der Waals surface area contributed by atoms with Gasteiger partial charge in [-0.25, -0.2) is 4.79 Å². The minimum atomic E-state index is -0.780. The number of rotatable bonds is 3. The molecular weight excluding hydrogens is 168 g/mol. The molecule has 3 N–H and O–H groups in total. The molecular formula is C9H18N2O2. The van der Waals surface area contributed by atoms with Crippen molar-refractivity contribution in [2.24, 2.45) is 11.7 Å². The van der Waals surface area contributed by atoms with Crippen LogP contribution in [0.3, 0.4) is 0 Å². The fourth-order valence-corrected chi connectivity index (χ4v) is 1.82. The van der Waals surface area contributed by atoms with Gasteiger partial charge in [0, 0.05) is 13.1 Å². The Hall–Kier alpha value is -0.770. The van der Waals surface area contributed by atoms with Gasteiger partial charge in [0.2, 0.25) is 0 Å². The van der Waals surface area contributed by atoms with Gasteiger partial charge in [-0.1, -0.05) is 0 Å². The van der Waals surface area contributed by atoms with E-state index in [1.807, 2.05) is 0 Å². The lowest BCUT2D eigenvalue weighted by Gasteiger charge is -2.29. The van der Waals surface area contributed by atoms with Crippen LogP contribution in [0.4, 0.5) is 4.79 Å². The molecule has 1 saturated heterocycles. The molecule has 1 amide bonds. The lowest BCUT2D eigenvalue weighted by molar-refractivity contribution is 0.123. The van der Waals surface area contributed by atoms with Crippen molar-refractivity contribution in [3.8, 4) is 0 Å². The van der Waals surface area contributed by atoms with Gasteiger partial charge >= 0.3 is 6.09 Å². The zero-order chi connectivity index (χ0) is 9.68. The molecule has 1 rings (SSSR count). The summed E-state index contributed by atoms with van der Waals surface area (Å²) in [5.74, 6) is 0.694. The van der Waals surface area contributed by atoms with Crippen molar-refractivity contribution in [2.45, 2.75) is 25.7 Å². The topological polar surface area (TPSA) is 66.6 Å². The molecule has 0 spiro atoms. The van der Waals surface area contributed by atoms with Gasteiger partial charge in [0.15, 0.2) is 0 Å². The number of carboxylic acid groups (broad SMARTS) is 1. The first-order valence-corrected chi connectivity index (χ1v) is 4.92. The number of nitrogens with zero attached hydrogens (tertiary/aromatic N) is 1. The van der Waals surface area contributed by atoms with Crippen molar-refractivity contribution in [1.82, 2.24) is 4.90 Å². The Kier molecular flexibility index (Phi) is 4.02. The molecule has 0 aromatic rings. The summed E-state index contributed by atoms with van der Waals surface area (Å²) in [5.41, 5.74) is 5.42. The molecule has 1 heterocycles. The Balaban J connectivity index is 2.18. The van der Waals surface area contributed by atoms with Gasteiger partial charge in [-0.2, -0.15) is 0 Å². The number of hydrogen-bond acceptors (Lipinski definition) is 2. The highest BCUT2D eigenvalue weighted by atomic mass is 16.4. The summed E-state index contributed by atoms with van der Waals surface area (Å²) >= 11 is 0. The monoisotopic (exact) mass is 186 g/mol. The van der Waals surface area contributed by atoms with Gasteiger partial charge in [0.1, 0.15) is 0 Å². The normalized spacial score (nSPS) is 19.0. The van der Waals surface area contributed by atoms with E-state index in [0.717, 1.165) is 32.2 Å². The smallest absolute Gasteiger partial charge is 0.407 e. The van der Waals surface area contributed by atoms with Crippen molar-refractivity contribution in [3.63, 3.8) is 0 Å². The van der Waals surface area contributed by atoms with Gasteiger partial charge in [0.25, 0.3) is 0 Å². The van der Waals surface area contributed by atoms with Crippen molar-refractivity contribution >= 4 is 6.09 Å². The third-order valence-corrected chi connectivity index (χ3v) is 2.70. The second-order valence-electron chi connectivity index (χ2n) is 3.64. The number of piperidine rings is 1. The van der Waals surface area contributed by atoms with E-state index >= 15 is 0 Å². The maximum atomic E-state index is 10.6. The van der Waals surface area contributed by atoms with E-state index < -0.39 is 6.09 Å². The zero-order valence-electron chi connectivity index (χ0n) is 7.91. The van der Waals surface area contributed by atoms with Gasteiger partial charge in [-0.05, 0) is 38.1 Å². The van der Waals surface area contributed by atoms with Crippen molar-refractivity contribution in [1.29, 1.82) is 0 Å². The molecule has 76 valence electrons. The lowest BCUT2D eigenvalue weighted by Crippen LogP contribution is -2.37. The number of carbonyl (C=O) groups is 1. The molecule has 1 fully saturated rings. The first kappa shape index (κ1) is 10.3. The molecule has 4 heteroatoms. The Morgan fingerprint density at radius 2 is 2.08 bits per heavy atom. The highest BCUT2D eigenvalue weighted by molar-refractivity contribution is 5.64. The van der Waals surface area contributed by atoms with Crippen LogP contribution in [0.1, 0.15) is 25.7 Å². The molecule has 0 aromatic heterocycles. The Morgan fingerprint density at radius 3 is 2.54 bits per heavy atom. The summed E-state index contributed by atoms with van der Waals surface area (Å²) < 4.78 is 0. The quantitative estimate of drug-likeness (QED) is 0.694. The standard InChI is InChI=1S/C9H18N2O2/c10-5-1-2-8-3-6-11(7-4-8)9(12)13/h8H,1-7,10H2,(H,12,13). The second-order valence-corrected chi connectivity index (χ2v) is 3.64. The summed E-state index contributed by atoms with van der Waals surface area (Å²) in [6.07, 6.45) is 3.46. The first-order valence-electron chi connectivity index (χ1n) is 4.92. The summed E-state index contributed by atoms with van der Waals surface area (Å²) in [7, 11) is 0. The van der Waals surface area contributed by atoms with Crippen molar-refractivity contribution in [2.75, 3.05) is 19.6 Å². The third kappa shape index (κ3) is 3.22. The Bertz CT molecular complexity index is 165. The fourth-order valence-electron chi connectivity index (χ4n) is 1.82. The molecule has 0 aliphatic carbocycles. The third-order valence-electron chi connectivity index (χ3n) is 2.70. The van der Waals surface area contributed by atoms with Gasteiger partial charge in [-0.3, -0.25) is 0 Å². The first-order chi connectivity index (χ1) is 6.24. The van der Waals surface area contributed by atoms with Crippen LogP contribution in [0.5, 0.6) is 0 Å². The molecule has 13 heavy (non-hydrogen) atoms. The van der Waals surface area contributed by atoms with Gasteiger partial charge in [-0.15, -0.1) is 0 Å². The summed E-state index contributed by atoms with van der Waals surface area (Å²) in [4.78, 5) is 12.1. The number of hydrogen-bond donors (Lipinski definition) is 2. The lowest BCUT2D eigenvalue weighted by atomic mass is 9.92. The largest absolute Gasteiger partial charge is 0.465 e. The number of nitrogens with two attached hydrogens (primary N) is 1. The molecule has 0 radical (unpaired) electrons. The van der Waals surface area contributed by atoms with E-state index in [9.17, 15) is 4.79 Å². The summed E-state index contributed by atoms with van der Waals surface area (Å²) in [5, 5.41) is 8.71. The summed E-state index contributed by atoms with van der Waals surface area (Å²) in [6, 6.07) is 0. The van der Waals surface area contributed by atoms with E-state index in [1.165, 1.54) is 4.90 Å². The Morgan fingerprint density at radius 1 is 1.46 bits per heavy atom. The molecule has 0 atom stereocenters. The highest BCUT2D eigenvalue weighted by Crippen LogP contribution is 2.21. The summed E-state index contributed by atoms with van der Waals surface area (Å²) in [6.45, 7) is 2.15. The minimum Gasteiger partial charge on any atom is -0.465 e. The fraction of sp³-hybridized carbons (Fsp3) is 0.889. The molecule has 1 aliphatic heterocycles. The zero-order valence-corrected chi connectivity index (χ0v) is 7.91. The number of amides is 1. The molecule has 0 unspecified atom stereocenters. The van der Waals surface area contributed by atoms with Gasteiger partial charge < -0.3 is 15.7 Å². The average Bonchev–Trinajstić information content (AvgIpc) is 2.15. The predicted molar refractivity (Wildman–Crippen MR) is 50.6 cm³/mol. The SMILES string of the molecule is NCCCC1CCN(C(=O)O)CC1. The van der Waals surface area contributed by atoms with E-state index in [-0.39, 0.29) is 0 Å². The van der Waals surface area contributed by atoms with Crippen LogP contribution in [-0.4, -0.2) is 35.7 Å². The maximum absolute atomic E-state index is 10.6. The molecule has 0 bridgehead atoms. The number of likely N-dealkylation sites (tertiary alicyclic amines) is 1. The van der Waals surface area contributed by atoms with E-state index in [1.54, 1.807) is 0 Å². The van der Waals surface area contributed by atoms with Crippen LogP contribution in [0.15, 0.2) is 0 Å². The average molecular weight is 186 g/mol.